The zero-order chi connectivity index (χ0) is 21.1. The van der Waals surface area contributed by atoms with Crippen LogP contribution in [0.3, 0.4) is 0 Å². The third kappa shape index (κ3) is 4.35. The number of carbonyl (C=O) groups is 3. The van der Waals surface area contributed by atoms with Gasteiger partial charge in [0.05, 0.1) is 27.1 Å². The van der Waals surface area contributed by atoms with Crippen molar-refractivity contribution in [3.63, 3.8) is 0 Å². The molecule has 1 saturated heterocycles. The maximum Gasteiger partial charge on any atom is 0.274 e. The largest absolute Gasteiger partial charge is 0.311 e. The van der Waals surface area contributed by atoms with Gasteiger partial charge < -0.3 is 4.90 Å². The van der Waals surface area contributed by atoms with E-state index in [9.17, 15) is 24.5 Å². The molecule has 0 radical (unpaired) electrons. The first kappa shape index (κ1) is 20.3. The highest BCUT2D eigenvalue weighted by atomic mass is 35.5. The van der Waals surface area contributed by atoms with Crippen molar-refractivity contribution in [1.82, 2.24) is 10.9 Å². The minimum atomic E-state index is -0.714. The molecule has 3 amide bonds. The molecule has 0 saturated carbocycles. The number of amides is 3. The molecular weight excluding hydrogens is 400 g/mol. The van der Waals surface area contributed by atoms with Crippen LogP contribution in [0, 0.1) is 23.0 Å². The maximum atomic E-state index is 12.4. The van der Waals surface area contributed by atoms with Gasteiger partial charge in [0.25, 0.3) is 11.6 Å². The highest BCUT2D eigenvalue weighted by Gasteiger charge is 2.36. The maximum absolute atomic E-state index is 12.4. The van der Waals surface area contributed by atoms with Gasteiger partial charge in [-0.1, -0.05) is 29.8 Å². The second kappa shape index (κ2) is 8.27. The van der Waals surface area contributed by atoms with Crippen molar-refractivity contribution in [3.05, 3.63) is 68.7 Å². The molecule has 1 heterocycles. The summed E-state index contributed by atoms with van der Waals surface area (Å²) in [5.41, 5.74) is 5.49. The van der Waals surface area contributed by atoms with E-state index in [0.29, 0.717) is 11.3 Å². The Kier molecular flexibility index (Phi) is 5.79. The number of hydrazine groups is 1. The van der Waals surface area contributed by atoms with Gasteiger partial charge in [-0.3, -0.25) is 35.3 Å². The van der Waals surface area contributed by atoms with E-state index in [-0.39, 0.29) is 35.1 Å². The van der Waals surface area contributed by atoms with Crippen molar-refractivity contribution in [2.24, 2.45) is 5.92 Å². The van der Waals surface area contributed by atoms with Gasteiger partial charge in [-0.25, -0.2) is 0 Å². The Balaban J connectivity index is 1.65. The van der Waals surface area contributed by atoms with Crippen LogP contribution in [0.5, 0.6) is 0 Å². The number of nitrogens with one attached hydrogen (secondary N) is 2. The molecule has 0 bridgehead atoms. The zero-order valence-corrected chi connectivity index (χ0v) is 16.1. The number of rotatable bonds is 4. The normalized spacial score (nSPS) is 15.9. The Hall–Kier alpha value is -3.46. The monoisotopic (exact) mass is 416 g/mol. The van der Waals surface area contributed by atoms with Crippen LogP contribution in [0.1, 0.15) is 22.3 Å². The third-order valence-corrected chi connectivity index (χ3v) is 4.94. The van der Waals surface area contributed by atoms with Gasteiger partial charge in [-0.15, -0.1) is 0 Å². The van der Waals surface area contributed by atoms with Gasteiger partial charge in [0.1, 0.15) is 0 Å². The number of benzene rings is 2. The van der Waals surface area contributed by atoms with E-state index in [0.717, 1.165) is 0 Å². The van der Waals surface area contributed by atoms with Crippen LogP contribution in [-0.4, -0.2) is 29.2 Å². The van der Waals surface area contributed by atoms with E-state index in [1.54, 1.807) is 37.3 Å². The van der Waals surface area contributed by atoms with Gasteiger partial charge in [0.15, 0.2) is 0 Å². The molecule has 1 atom stereocenters. The summed E-state index contributed by atoms with van der Waals surface area (Å²) in [5.74, 6) is -2.17. The molecule has 1 aliphatic heterocycles. The highest BCUT2D eigenvalue weighted by Crippen LogP contribution is 2.30. The molecule has 29 heavy (non-hydrogen) atoms. The molecule has 0 aliphatic carbocycles. The van der Waals surface area contributed by atoms with Gasteiger partial charge >= 0.3 is 0 Å². The molecule has 150 valence electrons. The lowest BCUT2D eigenvalue weighted by Gasteiger charge is -2.17. The number of hydrogen-bond acceptors (Lipinski definition) is 5. The molecule has 3 rings (SSSR count). The fourth-order valence-electron chi connectivity index (χ4n) is 3.03. The van der Waals surface area contributed by atoms with Crippen molar-refractivity contribution in [2.45, 2.75) is 13.3 Å². The van der Waals surface area contributed by atoms with E-state index in [1.165, 1.54) is 17.0 Å². The van der Waals surface area contributed by atoms with E-state index in [2.05, 4.69) is 10.9 Å². The van der Waals surface area contributed by atoms with Crippen LogP contribution in [0.2, 0.25) is 5.02 Å². The van der Waals surface area contributed by atoms with Crippen molar-refractivity contribution >= 4 is 40.7 Å². The summed E-state index contributed by atoms with van der Waals surface area (Å²) in [6.45, 7) is 1.65. The smallest absolute Gasteiger partial charge is 0.274 e. The quantitative estimate of drug-likeness (QED) is 0.585. The van der Waals surface area contributed by atoms with Gasteiger partial charge in [0.2, 0.25) is 11.8 Å². The summed E-state index contributed by atoms with van der Waals surface area (Å²) >= 11 is 5.94. The number of nitro groups is 1. The number of nitro benzene ring substituents is 1. The Morgan fingerprint density at radius 3 is 2.62 bits per heavy atom. The third-order valence-electron chi connectivity index (χ3n) is 4.61. The molecule has 2 aromatic rings. The van der Waals surface area contributed by atoms with Crippen molar-refractivity contribution in [3.8, 4) is 0 Å². The molecule has 1 fully saturated rings. The summed E-state index contributed by atoms with van der Waals surface area (Å²) in [7, 11) is 0. The van der Waals surface area contributed by atoms with E-state index in [1.807, 2.05) is 0 Å². The summed E-state index contributed by atoms with van der Waals surface area (Å²) < 4.78 is 0. The Morgan fingerprint density at radius 2 is 1.93 bits per heavy atom. The first-order valence-electron chi connectivity index (χ1n) is 8.68. The Morgan fingerprint density at radius 1 is 1.21 bits per heavy atom. The number of anilines is 1. The van der Waals surface area contributed by atoms with Crippen LogP contribution < -0.4 is 15.8 Å². The lowest BCUT2D eigenvalue weighted by Crippen LogP contribution is -2.45. The number of nitrogens with zero attached hydrogens (tertiary/aromatic N) is 2. The fourth-order valence-corrected chi connectivity index (χ4v) is 3.25. The van der Waals surface area contributed by atoms with Gasteiger partial charge in [-0.05, 0) is 25.1 Å². The molecular formula is C19H17ClN4O5. The number of carbonyl (C=O) groups excluding carboxylic acids is 3. The molecule has 10 heteroatoms. The molecule has 2 aromatic carbocycles. The van der Waals surface area contributed by atoms with Crippen molar-refractivity contribution in [1.29, 1.82) is 0 Å². The predicted octanol–water partition coefficient (Wildman–Crippen LogP) is 2.37. The SMILES string of the molecule is Cc1ccc(N2C[C@@H](C(=O)NNC(=O)c3ccccc3Cl)CC2=O)cc1[N+](=O)[O-]. The predicted molar refractivity (Wildman–Crippen MR) is 105 cm³/mol. The Bertz CT molecular complexity index is 1010. The van der Waals surface area contributed by atoms with Crippen molar-refractivity contribution < 1.29 is 19.3 Å². The molecule has 0 aromatic heterocycles. The lowest BCUT2D eigenvalue weighted by atomic mass is 10.1. The first-order valence-corrected chi connectivity index (χ1v) is 9.06. The van der Waals surface area contributed by atoms with Crippen LogP contribution in [-0.2, 0) is 9.59 Å². The minimum Gasteiger partial charge on any atom is -0.311 e. The van der Waals surface area contributed by atoms with Crippen LogP contribution in [0.15, 0.2) is 42.5 Å². The highest BCUT2D eigenvalue weighted by molar-refractivity contribution is 6.33. The average Bonchev–Trinajstić information content (AvgIpc) is 3.08. The first-order chi connectivity index (χ1) is 13.8. The molecule has 2 N–H and O–H groups in total. The molecule has 1 aliphatic rings. The number of hydrogen-bond donors (Lipinski definition) is 2. The number of halogens is 1. The summed E-state index contributed by atoms with van der Waals surface area (Å²) in [6, 6.07) is 10.8. The summed E-state index contributed by atoms with van der Waals surface area (Å²) in [5, 5.41) is 11.4. The van der Waals surface area contributed by atoms with Crippen LogP contribution in [0.25, 0.3) is 0 Å². The Labute approximate surface area is 170 Å². The molecule has 0 spiro atoms. The van der Waals surface area contributed by atoms with Crippen LogP contribution >= 0.6 is 11.6 Å². The fraction of sp³-hybridized carbons (Fsp3) is 0.211. The molecule has 0 unspecified atom stereocenters. The zero-order valence-electron chi connectivity index (χ0n) is 15.3. The lowest BCUT2D eigenvalue weighted by molar-refractivity contribution is -0.385. The van der Waals surface area contributed by atoms with Crippen molar-refractivity contribution in [2.75, 3.05) is 11.4 Å². The van der Waals surface area contributed by atoms with E-state index in [4.69, 9.17) is 11.6 Å². The molecule has 9 nitrogen and oxygen atoms in total. The van der Waals surface area contributed by atoms with Gasteiger partial charge in [0, 0.05) is 24.6 Å². The summed E-state index contributed by atoms with van der Waals surface area (Å²) in [4.78, 5) is 48.7. The second-order valence-electron chi connectivity index (χ2n) is 6.56. The minimum absolute atomic E-state index is 0.0485. The average molecular weight is 417 g/mol. The van der Waals surface area contributed by atoms with Crippen LogP contribution in [0.4, 0.5) is 11.4 Å². The van der Waals surface area contributed by atoms with E-state index >= 15 is 0 Å². The topological polar surface area (TPSA) is 122 Å². The standard InChI is InChI=1S/C19H17ClN4O5/c1-11-6-7-13(9-16(11)24(28)29)23-10-12(8-17(23)25)18(26)21-22-19(27)14-4-2-3-5-15(14)20/h2-7,9,12H,8,10H2,1H3,(H,21,26)(H,22,27)/t12-/m0/s1. The number of aryl methyl sites for hydroxylation is 1. The van der Waals surface area contributed by atoms with E-state index < -0.39 is 22.7 Å². The second-order valence-corrected chi connectivity index (χ2v) is 6.96. The summed E-state index contributed by atoms with van der Waals surface area (Å²) in [6.07, 6.45) is -0.0739. The van der Waals surface area contributed by atoms with Gasteiger partial charge in [-0.2, -0.15) is 0 Å².